The van der Waals surface area contributed by atoms with E-state index in [1.807, 2.05) is 31.2 Å². The van der Waals surface area contributed by atoms with E-state index in [-0.39, 0.29) is 5.97 Å². The van der Waals surface area contributed by atoms with Crippen molar-refractivity contribution < 1.29 is 19.4 Å². The van der Waals surface area contributed by atoms with Gasteiger partial charge in [-0.2, -0.15) is 0 Å². The van der Waals surface area contributed by atoms with Crippen molar-refractivity contribution >= 4 is 23.0 Å². The lowest BCUT2D eigenvalue weighted by Crippen LogP contribution is -2.07. The normalized spacial score (nSPS) is 12.9. The molecule has 0 aromatic heterocycles. The first-order chi connectivity index (χ1) is 8.07. The highest BCUT2D eigenvalue weighted by Crippen LogP contribution is 2.08. The van der Waals surface area contributed by atoms with E-state index in [9.17, 15) is 4.79 Å². The summed E-state index contributed by atoms with van der Waals surface area (Å²) in [5.41, 5.74) is -0.640. The molecule has 5 heteroatoms. The molecule has 0 fully saturated rings. The molecule has 0 amide bonds. The molecule has 0 aliphatic heterocycles. The van der Waals surface area contributed by atoms with Gasteiger partial charge >= 0.3 is 11.4 Å². The molecule has 0 aromatic rings. The predicted molar refractivity (Wildman–Crippen MR) is 66.1 cm³/mol. The molecule has 0 saturated carbocycles. The Bertz CT molecular complexity index is 338. The number of allylic oxidation sites excluding steroid dienone is 5. The number of carboxylic acid groups (broad SMARTS) is 1. The third-order valence-electron chi connectivity index (χ3n) is 1.69. The number of esters is 1. The predicted octanol–water partition coefficient (Wildman–Crippen LogP) is 3.29. The van der Waals surface area contributed by atoms with E-state index in [4.69, 9.17) is 14.6 Å². The average molecular weight is 259 g/mol. The van der Waals surface area contributed by atoms with E-state index in [0.29, 0.717) is 13.0 Å². The molecule has 0 heterocycles. The van der Waals surface area contributed by atoms with E-state index in [1.165, 1.54) is 0 Å². The summed E-state index contributed by atoms with van der Waals surface area (Å²) in [6.45, 7) is 2.48. The monoisotopic (exact) mass is 258 g/mol. The van der Waals surface area contributed by atoms with Gasteiger partial charge < -0.3 is 9.84 Å². The number of hydrogen-bond acceptors (Lipinski definition) is 3. The maximum atomic E-state index is 11.4. The zero-order valence-electron chi connectivity index (χ0n) is 9.56. The number of carbonyl (C=O) groups excluding carboxylic acids is 1. The highest BCUT2D eigenvalue weighted by atomic mass is 35.5. The number of halogens is 1. The summed E-state index contributed by atoms with van der Waals surface area (Å²) in [7, 11) is 0. The van der Waals surface area contributed by atoms with Crippen LogP contribution in [0.5, 0.6) is 0 Å². The van der Waals surface area contributed by atoms with Crippen LogP contribution >= 0.6 is 11.6 Å². The molecule has 1 rings (SSSR count). The second kappa shape index (κ2) is 9.66. The van der Waals surface area contributed by atoms with Crippen molar-refractivity contribution in [3.63, 3.8) is 0 Å². The molecule has 0 unspecified atom stereocenters. The van der Waals surface area contributed by atoms with Crippen LogP contribution in [0.25, 0.3) is 0 Å². The van der Waals surface area contributed by atoms with Crippen LogP contribution in [0.1, 0.15) is 19.8 Å². The summed E-state index contributed by atoms with van der Waals surface area (Å²) in [6, 6.07) is 0. The molecular formula is C12H15ClO4. The molecule has 0 atom stereocenters. The molecule has 4 nitrogen and oxygen atoms in total. The Morgan fingerprint density at radius 1 is 1.41 bits per heavy atom. The summed E-state index contributed by atoms with van der Waals surface area (Å²) >= 11 is 4.19. The maximum absolute atomic E-state index is 11.4. The molecule has 94 valence electrons. The lowest BCUT2D eigenvalue weighted by atomic mass is 10.2. The van der Waals surface area contributed by atoms with Crippen LogP contribution in [-0.2, 0) is 9.53 Å². The number of ether oxygens (including phenoxy) is 1. The first-order valence-corrected chi connectivity index (χ1v) is 5.53. The zero-order chi connectivity index (χ0) is 13.1. The van der Waals surface area contributed by atoms with Gasteiger partial charge in [0.15, 0.2) is 0 Å². The molecule has 0 spiro atoms. The Morgan fingerprint density at radius 2 is 2.06 bits per heavy atom. The Hall–Kier alpha value is -1.55. The van der Waals surface area contributed by atoms with Gasteiger partial charge in [-0.05, 0) is 12.8 Å². The van der Waals surface area contributed by atoms with Gasteiger partial charge in [-0.25, -0.2) is 9.59 Å². The minimum Gasteiger partial charge on any atom is -0.469 e. The van der Waals surface area contributed by atoms with Gasteiger partial charge in [-0.1, -0.05) is 37.3 Å². The van der Waals surface area contributed by atoms with E-state index < -0.39 is 5.43 Å². The molecule has 0 saturated heterocycles. The topological polar surface area (TPSA) is 63.6 Å². The van der Waals surface area contributed by atoms with Crippen molar-refractivity contribution in [3.05, 3.63) is 36.0 Å². The van der Waals surface area contributed by atoms with E-state index in [0.717, 1.165) is 12.0 Å². The molecular weight excluding hydrogens is 244 g/mol. The van der Waals surface area contributed by atoms with Crippen LogP contribution in [0.3, 0.4) is 0 Å². The van der Waals surface area contributed by atoms with Gasteiger partial charge in [-0.3, -0.25) is 0 Å². The standard InChI is InChI=1S/C11H14O2.CHClO2/c1-2-9-13-11(12)10-7-5-3-4-6-8-10;2-1(3)4/h3-7H,2,8-9H2,1H3;(H,3,4). The highest BCUT2D eigenvalue weighted by molar-refractivity contribution is 6.60. The van der Waals surface area contributed by atoms with Gasteiger partial charge in [0.1, 0.15) is 0 Å². The van der Waals surface area contributed by atoms with Crippen LogP contribution in [0.4, 0.5) is 4.79 Å². The van der Waals surface area contributed by atoms with Crippen molar-refractivity contribution in [1.29, 1.82) is 0 Å². The van der Waals surface area contributed by atoms with Crippen LogP contribution in [-0.4, -0.2) is 23.1 Å². The molecule has 1 aliphatic carbocycles. The van der Waals surface area contributed by atoms with Gasteiger partial charge in [0.2, 0.25) is 0 Å². The smallest absolute Gasteiger partial charge is 0.401 e. The minimum atomic E-state index is -1.36. The molecule has 1 aliphatic rings. The fourth-order valence-electron chi connectivity index (χ4n) is 1.02. The van der Waals surface area contributed by atoms with Crippen molar-refractivity contribution in [2.24, 2.45) is 0 Å². The van der Waals surface area contributed by atoms with Crippen molar-refractivity contribution in [2.45, 2.75) is 19.8 Å². The van der Waals surface area contributed by atoms with E-state index in [1.54, 1.807) is 6.08 Å². The summed E-state index contributed by atoms with van der Waals surface area (Å²) in [6.07, 6.45) is 11.0. The Labute approximate surface area is 105 Å². The Balaban J connectivity index is 0.000000557. The van der Waals surface area contributed by atoms with E-state index in [2.05, 4.69) is 11.6 Å². The molecule has 0 bridgehead atoms. The van der Waals surface area contributed by atoms with Crippen molar-refractivity contribution in [2.75, 3.05) is 6.61 Å². The Morgan fingerprint density at radius 3 is 2.65 bits per heavy atom. The fourth-order valence-corrected chi connectivity index (χ4v) is 1.02. The lowest BCUT2D eigenvalue weighted by molar-refractivity contribution is -0.139. The number of hydrogen-bond donors (Lipinski definition) is 1. The third kappa shape index (κ3) is 9.38. The van der Waals surface area contributed by atoms with Crippen LogP contribution < -0.4 is 0 Å². The SMILES string of the molecule is CCCOC(=O)C1=CC=CC=CC1.O=C(O)Cl. The van der Waals surface area contributed by atoms with Gasteiger partial charge in [0.05, 0.1) is 6.61 Å². The molecule has 1 N–H and O–H groups in total. The zero-order valence-corrected chi connectivity index (χ0v) is 10.3. The highest BCUT2D eigenvalue weighted by Gasteiger charge is 2.08. The first kappa shape index (κ1) is 15.4. The number of rotatable bonds is 3. The minimum absolute atomic E-state index is 0.196. The second-order valence-corrected chi connectivity index (χ2v) is 3.42. The van der Waals surface area contributed by atoms with Crippen molar-refractivity contribution in [1.82, 2.24) is 0 Å². The van der Waals surface area contributed by atoms with Crippen LogP contribution in [0.15, 0.2) is 36.0 Å². The van der Waals surface area contributed by atoms with E-state index >= 15 is 0 Å². The van der Waals surface area contributed by atoms with Crippen molar-refractivity contribution in [3.8, 4) is 0 Å². The van der Waals surface area contributed by atoms with Gasteiger partial charge in [-0.15, -0.1) is 0 Å². The van der Waals surface area contributed by atoms with Crippen LogP contribution in [0.2, 0.25) is 0 Å². The average Bonchev–Trinajstić information content (AvgIpc) is 2.53. The summed E-state index contributed by atoms with van der Waals surface area (Å²) in [5, 5.41) is 7.18. The summed E-state index contributed by atoms with van der Waals surface area (Å²) in [4.78, 5) is 20.1. The van der Waals surface area contributed by atoms with Gasteiger partial charge in [0, 0.05) is 17.2 Å². The third-order valence-corrected chi connectivity index (χ3v) is 1.69. The largest absolute Gasteiger partial charge is 0.469 e. The Kier molecular flexibility index (Phi) is 8.78. The summed E-state index contributed by atoms with van der Waals surface area (Å²) in [5.74, 6) is -0.196. The maximum Gasteiger partial charge on any atom is 0.401 e. The molecule has 0 radical (unpaired) electrons. The second-order valence-electron chi connectivity index (χ2n) is 3.10. The molecule has 0 aromatic carbocycles. The first-order valence-electron chi connectivity index (χ1n) is 5.15. The quantitative estimate of drug-likeness (QED) is 0.623. The van der Waals surface area contributed by atoms with Crippen LogP contribution in [0, 0.1) is 0 Å². The molecule has 17 heavy (non-hydrogen) atoms. The van der Waals surface area contributed by atoms with Gasteiger partial charge in [0.25, 0.3) is 0 Å². The lowest BCUT2D eigenvalue weighted by Gasteiger charge is -2.03. The fraction of sp³-hybridized carbons (Fsp3) is 0.333. The number of carbonyl (C=O) groups is 2. The summed E-state index contributed by atoms with van der Waals surface area (Å²) < 4.78 is 5.01.